The Kier molecular flexibility index (Phi) is 6.83. The third-order valence-electron chi connectivity index (χ3n) is 6.72. The number of fused-ring (bicyclic) bond motifs is 1. The first-order valence-electron chi connectivity index (χ1n) is 11.9. The van der Waals surface area contributed by atoms with Crippen LogP contribution in [0.1, 0.15) is 44.5 Å². The molecule has 0 radical (unpaired) electrons. The molecule has 11 heteroatoms. The number of hydrogen-bond donors (Lipinski definition) is 2. The number of carbonyl (C=O) groups excluding carboxylic acids is 2. The van der Waals surface area contributed by atoms with Gasteiger partial charge in [-0.3, -0.25) is 0 Å². The van der Waals surface area contributed by atoms with Crippen LogP contribution < -0.4 is 10.2 Å². The summed E-state index contributed by atoms with van der Waals surface area (Å²) < 4.78 is 7.52. The first-order valence-corrected chi connectivity index (χ1v) is 13.1. The fraction of sp³-hybridized carbons (Fsp3) is 0.259. The number of aryl methyl sites for hydroxylation is 2. The van der Waals surface area contributed by atoms with Gasteiger partial charge in [0.1, 0.15) is 0 Å². The molecule has 0 amide bonds. The van der Waals surface area contributed by atoms with Gasteiger partial charge >= 0.3 is 207 Å². The predicted molar refractivity (Wildman–Crippen MR) is 140 cm³/mol. The van der Waals surface area contributed by atoms with E-state index in [2.05, 4.69) is 15.0 Å². The molecule has 2 aromatic heterocycles. The molecule has 0 spiro atoms. The van der Waals surface area contributed by atoms with Gasteiger partial charge in [0, 0.05) is 0 Å². The van der Waals surface area contributed by atoms with Gasteiger partial charge in [0.15, 0.2) is 0 Å². The second-order valence-corrected chi connectivity index (χ2v) is 10.5. The van der Waals surface area contributed by atoms with Crippen LogP contribution in [0.25, 0.3) is 11.2 Å². The summed E-state index contributed by atoms with van der Waals surface area (Å²) in [6.45, 7) is 3.71. The molecule has 194 valence electrons. The maximum atomic E-state index is 13.7. The monoisotopic (exact) mass is 576 g/mol. The summed E-state index contributed by atoms with van der Waals surface area (Å²) in [5.74, 6) is -1.47. The average Bonchev–Trinajstić information content (AvgIpc) is 3.26. The van der Waals surface area contributed by atoms with E-state index in [1.165, 1.54) is 12.4 Å². The van der Waals surface area contributed by atoms with E-state index >= 15 is 0 Å². The molecule has 38 heavy (non-hydrogen) atoms. The standard InChI is InChI=1S/C27H25AsN4O6/c1-14-3-7-16(8-4-14)20(33)21(34)23-27(37,22(35)17-9-5-15(2)6-10-17)13-18(38-23)32-25-19(29-11-12-30-25)24(28)31-26(32)36/h3-12,18,21,23,34,37H,13,28H2,1-2H3/t18-,21?,23-,27-/m1/s1. The number of Topliss-reactive ketones (excluding diaryl/α,β-unsaturated/α-hetero) is 2. The van der Waals surface area contributed by atoms with E-state index in [1.54, 1.807) is 48.5 Å². The van der Waals surface area contributed by atoms with E-state index in [0.717, 1.165) is 32.5 Å². The zero-order chi connectivity index (χ0) is 27.2. The van der Waals surface area contributed by atoms with Crippen molar-refractivity contribution in [1.82, 2.24) is 19.5 Å². The van der Waals surface area contributed by atoms with E-state index < -0.39 is 47.7 Å². The Morgan fingerprint density at radius 2 is 1.61 bits per heavy atom. The molecular weight excluding hydrogens is 551 g/mol. The summed E-state index contributed by atoms with van der Waals surface area (Å²) in [5, 5.41) is 23.0. The van der Waals surface area contributed by atoms with Crippen molar-refractivity contribution in [2.24, 2.45) is 0 Å². The minimum absolute atomic E-state index is 0.155. The van der Waals surface area contributed by atoms with Gasteiger partial charge in [-0.05, 0) is 13.8 Å². The van der Waals surface area contributed by atoms with Crippen molar-refractivity contribution in [3.05, 3.63) is 93.7 Å². The van der Waals surface area contributed by atoms with Gasteiger partial charge in [-0.15, -0.1) is 0 Å². The molecule has 2 unspecified atom stereocenters. The Labute approximate surface area is 225 Å². The van der Waals surface area contributed by atoms with E-state index in [9.17, 15) is 24.6 Å². The summed E-state index contributed by atoms with van der Waals surface area (Å²) in [6.07, 6.45) is -2.41. The van der Waals surface area contributed by atoms with Gasteiger partial charge < -0.3 is 0 Å². The molecule has 1 aliphatic rings. The molecule has 0 bridgehead atoms. The molecule has 2 N–H and O–H groups in total. The van der Waals surface area contributed by atoms with Crippen molar-refractivity contribution < 1.29 is 24.5 Å². The number of ether oxygens (including phenoxy) is 1. The third-order valence-corrected chi connectivity index (χ3v) is 7.56. The van der Waals surface area contributed by atoms with Crippen LogP contribution in [-0.4, -0.2) is 76.0 Å². The van der Waals surface area contributed by atoms with Crippen molar-refractivity contribution >= 4 is 44.1 Å². The number of aliphatic hydroxyl groups is 2. The number of benzene rings is 2. The van der Waals surface area contributed by atoms with Crippen LogP contribution >= 0.6 is 0 Å². The van der Waals surface area contributed by atoms with Crippen LogP contribution in [0.15, 0.2) is 65.7 Å². The second-order valence-electron chi connectivity index (χ2n) is 9.39. The molecule has 3 heterocycles. The fourth-order valence-corrected chi connectivity index (χ4v) is 5.31. The third kappa shape index (κ3) is 4.50. The molecule has 10 nitrogen and oxygen atoms in total. The SMILES string of the molecule is Cc1ccc(C(=O)C(O)[C@H]2O[C@@H](n3c(=O)nc([AsH2])c4nccnc43)C[C@@]2(O)C(=O)c2ccc(C)cc2)cc1. The molecule has 1 fully saturated rings. The molecule has 5 rings (SSSR count). The Hall–Kier alpha value is -3.56. The van der Waals surface area contributed by atoms with Crippen LogP contribution in [0.5, 0.6) is 0 Å². The van der Waals surface area contributed by atoms with Gasteiger partial charge in [-0.2, -0.15) is 0 Å². The van der Waals surface area contributed by atoms with E-state index in [1.807, 2.05) is 13.8 Å². The van der Waals surface area contributed by atoms with Crippen LogP contribution in [-0.2, 0) is 4.74 Å². The van der Waals surface area contributed by atoms with Crippen molar-refractivity contribution in [3.8, 4) is 0 Å². The number of carbonyl (C=O) groups is 2. The van der Waals surface area contributed by atoms with E-state index in [-0.39, 0.29) is 16.8 Å². The summed E-state index contributed by atoms with van der Waals surface area (Å²) in [5.41, 5.74) is -0.359. The summed E-state index contributed by atoms with van der Waals surface area (Å²) in [4.78, 5) is 52.5. The predicted octanol–water partition coefficient (Wildman–Crippen LogP) is 0.207. The van der Waals surface area contributed by atoms with Crippen LogP contribution in [0, 0.1) is 13.8 Å². The Morgan fingerprint density at radius 1 is 1.03 bits per heavy atom. The topological polar surface area (TPSA) is 144 Å². The van der Waals surface area contributed by atoms with Gasteiger partial charge in [0.05, 0.1) is 0 Å². The molecule has 0 aliphatic carbocycles. The van der Waals surface area contributed by atoms with Crippen LogP contribution in [0.4, 0.5) is 0 Å². The van der Waals surface area contributed by atoms with Crippen molar-refractivity contribution in [2.45, 2.75) is 44.3 Å². The van der Waals surface area contributed by atoms with Gasteiger partial charge in [0.25, 0.3) is 0 Å². The molecule has 1 saturated heterocycles. The molecule has 2 aromatic carbocycles. The van der Waals surface area contributed by atoms with Gasteiger partial charge in [0.2, 0.25) is 0 Å². The molecule has 1 aliphatic heterocycles. The first kappa shape index (κ1) is 26.1. The number of nitrogens with zero attached hydrogens (tertiary/aromatic N) is 4. The summed E-state index contributed by atoms with van der Waals surface area (Å²) in [7, 11) is 0. The molecule has 0 saturated carbocycles. The van der Waals surface area contributed by atoms with E-state index in [0.29, 0.717) is 10.00 Å². The van der Waals surface area contributed by atoms with Gasteiger partial charge in [-0.25, -0.2) is 0 Å². The van der Waals surface area contributed by atoms with E-state index in [4.69, 9.17) is 4.74 Å². The zero-order valence-corrected chi connectivity index (χ0v) is 23.0. The average molecular weight is 576 g/mol. The number of aromatic nitrogens is 4. The number of hydrogen-bond acceptors (Lipinski definition) is 9. The Bertz CT molecular complexity index is 1610. The number of rotatable bonds is 6. The normalized spacial score (nSPS) is 21.9. The Balaban J connectivity index is 1.61. The van der Waals surface area contributed by atoms with Crippen molar-refractivity contribution in [2.75, 3.05) is 0 Å². The number of aliphatic hydroxyl groups excluding tert-OH is 1. The van der Waals surface area contributed by atoms with Crippen molar-refractivity contribution in [3.63, 3.8) is 0 Å². The Morgan fingerprint density at radius 3 is 2.24 bits per heavy atom. The summed E-state index contributed by atoms with van der Waals surface area (Å²) in [6, 6.07) is 13.1. The number of ketones is 2. The van der Waals surface area contributed by atoms with Crippen LogP contribution in [0.3, 0.4) is 0 Å². The zero-order valence-electron chi connectivity index (χ0n) is 20.6. The van der Waals surface area contributed by atoms with Gasteiger partial charge in [-0.1, -0.05) is 5.56 Å². The molecule has 5 atom stereocenters. The molecular formula is C27H25AsN4O6. The van der Waals surface area contributed by atoms with Crippen LogP contribution in [0.2, 0.25) is 0 Å². The second kappa shape index (κ2) is 9.96. The van der Waals surface area contributed by atoms with Crippen molar-refractivity contribution in [1.29, 1.82) is 0 Å². The quantitative estimate of drug-likeness (QED) is 0.243. The maximum absolute atomic E-state index is 13.7. The first-order chi connectivity index (χ1) is 18.1. The molecule has 4 aromatic rings. The fourth-order valence-electron chi connectivity index (χ4n) is 4.65. The minimum atomic E-state index is -2.34. The summed E-state index contributed by atoms with van der Waals surface area (Å²) >= 11 is 1.08.